The summed E-state index contributed by atoms with van der Waals surface area (Å²) in [5.74, 6) is 0. The van der Waals surface area contributed by atoms with Gasteiger partial charge < -0.3 is 0 Å². The monoisotopic (exact) mass is 393 g/mol. The van der Waals surface area contributed by atoms with Crippen molar-refractivity contribution in [3.63, 3.8) is 0 Å². The van der Waals surface area contributed by atoms with E-state index in [4.69, 9.17) is 16.6 Å². The summed E-state index contributed by atoms with van der Waals surface area (Å²) in [5.41, 5.74) is 27.0. The van der Waals surface area contributed by atoms with Crippen LogP contribution in [0.1, 0.15) is 0 Å². The van der Waals surface area contributed by atoms with Gasteiger partial charge in [-0.25, -0.2) is 13.5 Å². The molecule has 18 heteroatoms. The second-order valence-corrected chi connectivity index (χ2v) is 13.3. The zero-order valence-electron chi connectivity index (χ0n) is 14.0. The Labute approximate surface area is 139 Å². The maximum absolute atomic E-state index is 9.01. The third kappa shape index (κ3) is 3.61. The highest BCUT2D eigenvalue weighted by molar-refractivity contribution is 7.83. The van der Waals surface area contributed by atoms with Gasteiger partial charge in [0.25, 0.3) is 0 Å². The Balaban J connectivity index is 4.27. The molecule has 15 nitrogen and oxygen atoms in total. The van der Waals surface area contributed by atoms with Gasteiger partial charge in [-0.1, -0.05) is 0 Å². The highest BCUT2D eigenvalue weighted by atomic mass is 31.3. The highest BCUT2D eigenvalue weighted by Crippen LogP contribution is 2.81. The van der Waals surface area contributed by atoms with Crippen molar-refractivity contribution in [1.29, 1.82) is 0 Å². The van der Waals surface area contributed by atoms with Crippen LogP contribution in [-0.2, 0) is 0 Å². The standard InChI is InChI=1S/C6H18N15P3/c1-19(2)22(13-10-7)16-23(14-11-8,20(3)4)18-24(17-22,15-12-9)21(5)6/h1-6H3. The van der Waals surface area contributed by atoms with E-state index < -0.39 is 22.5 Å². The van der Waals surface area contributed by atoms with Crippen LogP contribution in [0.15, 0.2) is 28.2 Å². The Kier molecular flexibility index (Phi) is 6.50. The zero-order valence-corrected chi connectivity index (χ0v) is 16.7. The normalized spacial score (nSPS) is 31.9. The van der Waals surface area contributed by atoms with Crippen molar-refractivity contribution in [2.24, 2.45) is 28.2 Å². The van der Waals surface area contributed by atoms with Gasteiger partial charge in [-0.05, 0) is 73.5 Å². The molecule has 0 aromatic rings. The fourth-order valence-corrected chi connectivity index (χ4v) is 12.3. The summed E-state index contributed by atoms with van der Waals surface area (Å²) in [4.78, 5) is 19.9. The molecule has 0 radical (unpaired) electrons. The lowest BCUT2D eigenvalue weighted by Crippen LogP contribution is -2.14. The van der Waals surface area contributed by atoms with Crippen LogP contribution >= 0.6 is 22.5 Å². The summed E-state index contributed by atoms with van der Waals surface area (Å²) >= 11 is 0. The molecule has 0 bridgehead atoms. The Morgan fingerprint density at radius 3 is 0.917 bits per heavy atom. The number of azide groups is 3. The van der Waals surface area contributed by atoms with E-state index in [0.29, 0.717) is 0 Å². The number of rotatable bonds is 6. The van der Waals surface area contributed by atoms with Gasteiger partial charge in [-0.2, -0.15) is 0 Å². The molecular formula is C6H18N15P3. The smallest absolute Gasteiger partial charge is 0.235 e. The average molecular weight is 393 g/mol. The van der Waals surface area contributed by atoms with Crippen LogP contribution in [0, 0.1) is 0 Å². The molecule has 1 aliphatic heterocycles. The fourth-order valence-electron chi connectivity index (χ4n) is 1.52. The van der Waals surface area contributed by atoms with Crippen molar-refractivity contribution in [3.8, 4) is 0 Å². The van der Waals surface area contributed by atoms with Crippen LogP contribution in [0.5, 0.6) is 0 Å². The molecule has 0 aromatic heterocycles. The molecule has 0 spiro atoms. The van der Waals surface area contributed by atoms with Crippen molar-refractivity contribution < 1.29 is 0 Å². The predicted molar refractivity (Wildman–Crippen MR) is 96.5 cm³/mol. The summed E-state index contributed by atoms with van der Waals surface area (Å²) in [5, 5.41) is 0. The Morgan fingerprint density at radius 2 is 0.792 bits per heavy atom. The van der Waals surface area contributed by atoms with Gasteiger partial charge >= 0.3 is 0 Å². The minimum atomic E-state index is -3.19. The van der Waals surface area contributed by atoms with Crippen molar-refractivity contribution in [3.05, 3.63) is 31.3 Å². The summed E-state index contributed by atoms with van der Waals surface area (Å²) < 4.78 is 18.2. The highest BCUT2D eigenvalue weighted by Gasteiger charge is 2.39. The fraction of sp³-hybridized carbons (Fsp3) is 1.00. The van der Waals surface area contributed by atoms with Gasteiger partial charge in [0.1, 0.15) is 0 Å². The number of nitrogens with zero attached hydrogens (tertiary/aromatic N) is 15. The first-order valence-corrected chi connectivity index (χ1v) is 11.1. The Morgan fingerprint density at radius 1 is 0.583 bits per heavy atom. The van der Waals surface area contributed by atoms with E-state index in [1.54, 1.807) is 56.3 Å². The van der Waals surface area contributed by atoms with E-state index >= 15 is 0 Å². The van der Waals surface area contributed by atoms with Crippen LogP contribution in [0.2, 0.25) is 0 Å². The second kappa shape index (κ2) is 7.59. The Bertz CT molecular complexity index is 688. The minimum absolute atomic E-state index is 1.55. The molecule has 24 heavy (non-hydrogen) atoms. The van der Waals surface area contributed by atoms with E-state index in [-0.39, 0.29) is 0 Å². The lowest BCUT2D eigenvalue weighted by molar-refractivity contribution is 0.643. The predicted octanol–water partition coefficient (Wildman–Crippen LogP) is 5.45. The van der Waals surface area contributed by atoms with Gasteiger partial charge in [-0.3, -0.25) is 14.0 Å². The van der Waals surface area contributed by atoms with E-state index in [2.05, 4.69) is 42.9 Å². The van der Waals surface area contributed by atoms with Gasteiger partial charge in [0.2, 0.25) is 22.5 Å². The topological polar surface area (TPSA) is 193 Å². The molecule has 0 N–H and O–H groups in total. The molecule has 0 aromatic carbocycles. The number of hydrogen-bond donors (Lipinski definition) is 0. The zero-order chi connectivity index (χ0) is 18.6. The van der Waals surface area contributed by atoms with Crippen LogP contribution in [0.4, 0.5) is 0 Å². The van der Waals surface area contributed by atoms with E-state index in [1.165, 1.54) is 0 Å². The minimum Gasteiger partial charge on any atom is -0.253 e. The quantitative estimate of drug-likeness (QED) is 0.251. The van der Waals surface area contributed by atoms with Crippen molar-refractivity contribution in [1.82, 2.24) is 14.0 Å². The average Bonchev–Trinajstić information content (AvgIpc) is 2.47. The third-order valence-electron chi connectivity index (χ3n) is 2.81. The van der Waals surface area contributed by atoms with Crippen molar-refractivity contribution in [2.75, 3.05) is 42.3 Å². The first-order chi connectivity index (χ1) is 11.1. The van der Waals surface area contributed by atoms with Crippen molar-refractivity contribution >= 4 is 22.5 Å². The van der Waals surface area contributed by atoms with Crippen LogP contribution in [0.25, 0.3) is 31.3 Å². The molecule has 132 valence electrons. The summed E-state index contributed by atoms with van der Waals surface area (Å²) in [6.07, 6.45) is 0. The molecule has 0 atom stereocenters. The molecule has 0 fully saturated rings. The van der Waals surface area contributed by atoms with Crippen LogP contribution in [0.3, 0.4) is 0 Å². The van der Waals surface area contributed by atoms with Gasteiger partial charge in [0.05, 0.1) is 0 Å². The lowest BCUT2D eigenvalue weighted by Gasteiger charge is -2.37. The summed E-state index contributed by atoms with van der Waals surface area (Å²) in [7, 11) is 0.277. The maximum atomic E-state index is 9.01. The molecule has 1 aliphatic rings. The van der Waals surface area contributed by atoms with E-state index in [9.17, 15) is 0 Å². The number of hydrogen-bond acceptors (Lipinski definition) is 9. The van der Waals surface area contributed by atoms with Gasteiger partial charge in [-0.15, -0.1) is 0 Å². The van der Waals surface area contributed by atoms with Gasteiger partial charge in [0.15, 0.2) is 0 Å². The third-order valence-corrected chi connectivity index (χ3v) is 12.7. The molecule has 0 unspecified atom stereocenters. The first-order valence-electron chi connectivity index (χ1n) is 6.28. The van der Waals surface area contributed by atoms with Crippen LogP contribution < -0.4 is 0 Å². The lowest BCUT2D eigenvalue weighted by atomic mass is 11.3. The largest absolute Gasteiger partial charge is 0.253 e. The molecule has 0 amide bonds. The molecule has 1 rings (SSSR count). The molecular weight excluding hydrogens is 375 g/mol. The van der Waals surface area contributed by atoms with Gasteiger partial charge in [0, 0.05) is 14.7 Å². The van der Waals surface area contributed by atoms with Crippen LogP contribution in [-0.4, -0.2) is 56.3 Å². The molecule has 0 saturated heterocycles. The first kappa shape index (κ1) is 20.5. The SMILES string of the molecule is CN(C)P1(N=[N+]=[N-])=NP(N=[N+]=[N-])(N(C)C)=NP(N=[N+]=[N-])(N(C)C)=N1. The molecule has 0 aliphatic carbocycles. The summed E-state index contributed by atoms with van der Waals surface area (Å²) in [6, 6.07) is 0. The van der Waals surface area contributed by atoms with E-state index in [0.717, 1.165) is 0 Å². The van der Waals surface area contributed by atoms with Crippen molar-refractivity contribution in [2.45, 2.75) is 0 Å². The molecule has 0 saturated carbocycles. The second-order valence-electron chi connectivity index (χ2n) is 4.96. The maximum Gasteiger partial charge on any atom is 0.235 e. The van der Waals surface area contributed by atoms with E-state index in [1.807, 2.05) is 0 Å². The molecule has 1 heterocycles. The summed E-state index contributed by atoms with van der Waals surface area (Å²) in [6.45, 7) is 0. The Hall–Kier alpha value is -1.50.